The van der Waals surface area contributed by atoms with E-state index in [2.05, 4.69) is 4.72 Å². The molecular formula is C18H23NO2S. The van der Waals surface area contributed by atoms with E-state index in [9.17, 15) is 4.21 Å². The average Bonchev–Trinajstić information content (AvgIpc) is 2.52. The average molecular weight is 317 g/mol. The van der Waals surface area contributed by atoms with Crippen molar-refractivity contribution in [3.63, 3.8) is 0 Å². The zero-order chi connectivity index (χ0) is 16.2. The van der Waals surface area contributed by atoms with Gasteiger partial charge < -0.3 is 4.74 Å². The zero-order valence-corrected chi connectivity index (χ0v) is 14.3. The molecule has 2 atom stereocenters. The fraction of sp³-hybridized carbons (Fsp3) is 0.333. The summed E-state index contributed by atoms with van der Waals surface area (Å²) in [6.07, 6.45) is 0. The fourth-order valence-electron chi connectivity index (χ4n) is 2.15. The molecule has 2 aromatic rings. The lowest BCUT2D eigenvalue weighted by molar-refractivity contribution is 0.407. The first-order valence-corrected chi connectivity index (χ1v) is 8.44. The van der Waals surface area contributed by atoms with Gasteiger partial charge in [-0.15, -0.1) is 0 Å². The Balaban J connectivity index is 2.45. The van der Waals surface area contributed by atoms with Gasteiger partial charge in [-0.05, 0) is 32.4 Å². The SMILES string of the molecule is COc1ccccc1C(NS(=O)C(C)(C)C)c1ccccc1. The molecule has 0 amide bonds. The third-order valence-electron chi connectivity index (χ3n) is 3.36. The molecule has 0 aliphatic heterocycles. The summed E-state index contributed by atoms with van der Waals surface area (Å²) in [5.74, 6) is 0.787. The van der Waals surface area contributed by atoms with E-state index in [4.69, 9.17) is 4.74 Å². The van der Waals surface area contributed by atoms with Gasteiger partial charge in [0.2, 0.25) is 0 Å². The topological polar surface area (TPSA) is 38.3 Å². The van der Waals surface area contributed by atoms with Crippen molar-refractivity contribution >= 4 is 11.0 Å². The molecule has 0 fully saturated rings. The minimum Gasteiger partial charge on any atom is -0.496 e. The van der Waals surface area contributed by atoms with Crippen LogP contribution in [0.4, 0.5) is 0 Å². The van der Waals surface area contributed by atoms with Gasteiger partial charge in [0.1, 0.15) is 5.75 Å². The third-order valence-corrected chi connectivity index (χ3v) is 4.93. The first kappa shape index (κ1) is 16.7. The van der Waals surface area contributed by atoms with Crippen LogP contribution in [0.1, 0.15) is 37.9 Å². The van der Waals surface area contributed by atoms with Crippen molar-refractivity contribution < 1.29 is 8.95 Å². The summed E-state index contributed by atoms with van der Waals surface area (Å²) in [5, 5.41) is 0. The highest BCUT2D eigenvalue weighted by atomic mass is 32.2. The van der Waals surface area contributed by atoms with Crippen LogP contribution in [0.15, 0.2) is 54.6 Å². The van der Waals surface area contributed by atoms with Gasteiger partial charge >= 0.3 is 0 Å². The molecule has 0 bridgehead atoms. The molecule has 2 aromatic carbocycles. The molecule has 4 heteroatoms. The van der Waals surface area contributed by atoms with E-state index in [0.29, 0.717) is 0 Å². The van der Waals surface area contributed by atoms with Crippen LogP contribution in [-0.2, 0) is 11.0 Å². The number of nitrogens with one attached hydrogen (secondary N) is 1. The summed E-state index contributed by atoms with van der Waals surface area (Å²) in [4.78, 5) is 0. The van der Waals surface area contributed by atoms with Gasteiger partial charge in [0.05, 0.1) is 28.9 Å². The van der Waals surface area contributed by atoms with Gasteiger partial charge in [0.25, 0.3) is 0 Å². The van der Waals surface area contributed by atoms with Crippen LogP contribution in [-0.4, -0.2) is 16.1 Å². The van der Waals surface area contributed by atoms with Crippen LogP contribution in [0.2, 0.25) is 0 Å². The number of rotatable bonds is 5. The highest BCUT2D eigenvalue weighted by Gasteiger charge is 2.26. The molecule has 0 saturated heterocycles. The van der Waals surface area contributed by atoms with Crippen molar-refractivity contribution in [3.05, 3.63) is 65.7 Å². The molecule has 0 aliphatic carbocycles. The maximum absolute atomic E-state index is 12.6. The molecule has 0 radical (unpaired) electrons. The summed E-state index contributed by atoms with van der Waals surface area (Å²) >= 11 is 0. The van der Waals surface area contributed by atoms with Crippen LogP contribution in [0.25, 0.3) is 0 Å². The van der Waals surface area contributed by atoms with Crippen molar-refractivity contribution in [2.75, 3.05) is 7.11 Å². The lowest BCUT2D eigenvalue weighted by atomic mass is 9.99. The van der Waals surface area contributed by atoms with Crippen LogP contribution in [0.5, 0.6) is 5.75 Å². The van der Waals surface area contributed by atoms with Gasteiger partial charge in [0.15, 0.2) is 0 Å². The van der Waals surface area contributed by atoms with E-state index in [0.717, 1.165) is 16.9 Å². The predicted octanol–water partition coefficient (Wildman–Crippen LogP) is 3.84. The van der Waals surface area contributed by atoms with Crippen LogP contribution < -0.4 is 9.46 Å². The van der Waals surface area contributed by atoms with Crippen molar-refractivity contribution in [1.82, 2.24) is 4.72 Å². The molecule has 0 aliphatic rings. The highest BCUT2D eigenvalue weighted by Crippen LogP contribution is 2.31. The maximum Gasteiger partial charge on any atom is 0.124 e. The zero-order valence-electron chi connectivity index (χ0n) is 13.5. The normalized spacial score (nSPS) is 14.4. The Kier molecular flexibility index (Phi) is 5.37. The Hall–Kier alpha value is -1.65. The van der Waals surface area contributed by atoms with Crippen molar-refractivity contribution in [3.8, 4) is 5.75 Å². The Morgan fingerprint density at radius 2 is 1.59 bits per heavy atom. The predicted molar refractivity (Wildman–Crippen MR) is 92.3 cm³/mol. The Morgan fingerprint density at radius 3 is 2.18 bits per heavy atom. The number of hydrogen-bond donors (Lipinski definition) is 1. The molecule has 1 N–H and O–H groups in total. The summed E-state index contributed by atoms with van der Waals surface area (Å²) in [7, 11) is 0.470. The molecule has 118 valence electrons. The standard InChI is InChI=1S/C18H23NO2S/c1-18(2,3)22(20)19-17(14-10-6-5-7-11-14)15-12-8-9-13-16(15)21-4/h5-13,17,19H,1-4H3. The molecule has 2 rings (SSSR count). The van der Waals surface area contributed by atoms with E-state index in [1.807, 2.05) is 75.4 Å². The Morgan fingerprint density at radius 1 is 1.00 bits per heavy atom. The molecule has 3 nitrogen and oxygen atoms in total. The van der Waals surface area contributed by atoms with Crippen molar-refractivity contribution in [1.29, 1.82) is 0 Å². The first-order chi connectivity index (χ1) is 10.4. The van der Waals surface area contributed by atoms with E-state index in [-0.39, 0.29) is 10.8 Å². The Labute approximate surface area is 135 Å². The quantitative estimate of drug-likeness (QED) is 0.910. The smallest absolute Gasteiger partial charge is 0.124 e. The maximum atomic E-state index is 12.6. The van der Waals surface area contributed by atoms with Gasteiger partial charge in [-0.2, -0.15) is 0 Å². The van der Waals surface area contributed by atoms with E-state index in [1.54, 1.807) is 7.11 Å². The number of para-hydroxylation sites is 1. The summed E-state index contributed by atoms with van der Waals surface area (Å²) in [6, 6.07) is 17.7. The van der Waals surface area contributed by atoms with Gasteiger partial charge in [-0.1, -0.05) is 48.5 Å². The molecule has 2 unspecified atom stereocenters. The summed E-state index contributed by atoms with van der Waals surface area (Å²) in [5.41, 5.74) is 2.04. The second kappa shape index (κ2) is 7.07. The largest absolute Gasteiger partial charge is 0.496 e. The minimum atomic E-state index is -1.18. The second-order valence-corrected chi connectivity index (χ2v) is 8.08. The molecule has 0 aromatic heterocycles. The van der Waals surface area contributed by atoms with Crippen LogP contribution >= 0.6 is 0 Å². The van der Waals surface area contributed by atoms with Gasteiger partial charge in [-0.3, -0.25) is 0 Å². The highest BCUT2D eigenvalue weighted by molar-refractivity contribution is 7.84. The number of ether oxygens (including phenoxy) is 1. The second-order valence-electron chi connectivity index (χ2n) is 6.08. The lowest BCUT2D eigenvalue weighted by Gasteiger charge is -2.26. The van der Waals surface area contributed by atoms with Gasteiger partial charge in [0, 0.05) is 5.56 Å². The first-order valence-electron chi connectivity index (χ1n) is 7.29. The molecule has 0 heterocycles. The molecule has 0 spiro atoms. The summed E-state index contributed by atoms with van der Waals surface area (Å²) < 4.78 is 21.0. The number of methoxy groups -OCH3 is 1. The van der Waals surface area contributed by atoms with E-state index in [1.165, 1.54) is 0 Å². The monoisotopic (exact) mass is 317 g/mol. The molecule has 0 saturated carbocycles. The number of benzene rings is 2. The third kappa shape index (κ3) is 3.96. The van der Waals surface area contributed by atoms with Crippen LogP contribution in [0.3, 0.4) is 0 Å². The summed E-state index contributed by atoms with van der Waals surface area (Å²) in [6.45, 7) is 5.88. The van der Waals surface area contributed by atoms with Crippen molar-refractivity contribution in [2.45, 2.75) is 31.6 Å². The molecular weight excluding hydrogens is 294 g/mol. The minimum absolute atomic E-state index is 0.183. The Bertz CT molecular complexity index is 635. The molecule has 22 heavy (non-hydrogen) atoms. The fourth-order valence-corrected chi connectivity index (χ4v) is 2.98. The number of hydrogen-bond acceptors (Lipinski definition) is 2. The lowest BCUT2D eigenvalue weighted by Crippen LogP contribution is -2.36. The van der Waals surface area contributed by atoms with Crippen molar-refractivity contribution in [2.24, 2.45) is 0 Å². The van der Waals surface area contributed by atoms with E-state index < -0.39 is 11.0 Å². The van der Waals surface area contributed by atoms with E-state index >= 15 is 0 Å². The van der Waals surface area contributed by atoms with Crippen LogP contribution in [0, 0.1) is 0 Å². The van der Waals surface area contributed by atoms with Gasteiger partial charge in [-0.25, -0.2) is 8.93 Å².